The maximum atomic E-state index is 12.3. The Morgan fingerprint density at radius 1 is 1.19 bits per heavy atom. The standard InChI is InChI=1S/C14H12N6O/c15-10-4-3-7-17-13(10)14(21)19-11-5-1-2-6-12(11)20-9-16-8-18-20/h1-9H,15H2,(H,19,21). The molecule has 3 aromatic rings. The Hall–Kier alpha value is -3.22. The Morgan fingerprint density at radius 3 is 2.81 bits per heavy atom. The Morgan fingerprint density at radius 2 is 2.05 bits per heavy atom. The van der Waals surface area contributed by atoms with E-state index in [1.54, 1.807) is 29.2 Å². The fourth-order valence-electron chi connectivity index (χ4n) is 1.90. The van der Waals surface area contributed by atoms with Gasteiger partial charge in [0.15, 0.2) is 5.69 Å². The number of benzene rings is 1. The van der Waals surface area contributed by atoms with Gasteiger partial charge in [-0.05, 0) is 24.3 Å². The largest absolute Gasteiger partial charge is 0.397 e. The van der Waals surface area contributed by atoms with Crippen molar-refractivity contribution in [2.45, 2.75) is 0 Å². The summed E-state index contributed by atoms with van der Waals surface area (Å²) in [6.07, 6.45) is 4.50. The number of anilines is 2. The van der Waals surface area contributed by atoms with Crippen LogP contribution in [0.15, 0.2) is 55.2 Å². The molecule has 0 unspecified atom stereocenters. The van der Waals surface area contributed by atoms with Crippen LogP contribution in [-0.2, 0) is 0 Å². The lowest BCUT2D eigenvalue weighted by Gasteiger charge is -2.11. The summed E-state index contributed by atoms with van der Waals surface area (Å²) in [6.45, 7) is 0. The zero-order valence-corrected chi connectivity index (χ0v) is 11.0. The highest BCUT2D eigenvalue weighted by Crippen LogP contribution is 2.20. The van der Waals surface area contributed by atoms with E-state index in [2.05, 4.69) is 20.4 Å². The Labute approximate surface area is 120 Å². The number of nitrogens with one attached hydrogen (secondary N) is 1. The fraction of sp³-hybridized carbons (Fsp3) is 0. The molecular weight excluding hydrogens is 268 g/mol. The van der Waals surface area contributed by atoms with Gasteiger partial charge in [0.25, 0.3) is 5.91 Å². The van der Waals surface area contributed by atoms with Gasteiger partial charge >= 0.3 is 0 Å². The molecule has 0 fully saturated rings. The number of para-hydroxylation sites is 2. The maximum absolute atomic E-state index is 12.3. The number of nitrogens with two attached hydrogens (primary N) is 1. The minimum atomic E-state index is -0.374. The van der Waals surface area contributed by atoms with Crippen molar-refractivity contribution in [2.75, 3.05) is 11.1 Å². The van der Waals surface area contributed by atoms with Gasteiger partial charge in [0.05, 0.1) is 17.1 Å². The number of amides is 1. The van der Waals surface area contributed by atoms with Crippen LogP contribution in [0.25, 0.3) is 5.69 Å². The van der Waals surface area contributed by atoms with E-state index in [4.69, 9.17) is 5.73 Å². The molecule has 21 heavy (non-hydrogen) atoms. The molecule has 1 aromatic carbocycles. The second-order valence-electron chi connectivity index (χ2n) is 4.25. The second kappa shape index (κ2) is 5.41. The van der Waals surface area contributed by atoms with Crippen LogP contribution in [0, 0.1) is 0 Å². The molecule has 0 radical (unpaired) electrons. The highest BCUT2D eigenvalue weighted by Gasteiger charge is 2.13. The fourth-order valence-corrected chi connectivity index (χ4v) is 1.90. The zero-order valence-electron chi connectivity index (χ0n) is 11.0. The molecule has 0 aliphatic carbocycles. The summed E-state index contributed by atoms with van der Waals surface area (Å²) >= 11 is 0. The van der Waals surface area contributed by atoms with Crippen LogP contribution in [0.4, 0.5) is 11.4 Å². The Bertz CT molecular complexity index is 769. The molecule has 0 saturated carbocycles. The number of pyridine rings is 1. The first-order chi connectivity index (χ1) is 10.3. The number of aromatic nitrogens is 4. The van der Waals surface area contributed by atoms with E-state index in [0.29, 0.717) is 17.1 Å². The molecule has 0 spiro atoms. The van der Waals surface area contributed by atoms with Crippen molar-refractivity contribution in [3.05, 3.63) is 60.9 Å². The number of rotatable bonds is 3. The predicted molar refractivity (Wildman–Crippen MR) is 78.0 cm³/mol. The molecule has 2 aromatic heterocycles. The normalized spacial score (nSPS) is 10.3. The molecule has 0 saturated heterocycles. The van der Waals surface area contributed by atoms with Gasteiger partial charge in [-0.2, -0.15) is 5.10 Å². The molecule has 0 bridgehead atoms. The molecule has 7 heteroatoms. The number of nitrogen functional groups attached to an aromatic ring is 1. The summed E-state index contributed by atoms with van der Waals surface area (Å²) < 4.78 is 1.57. The quantitative estimate of drug-likeness (QED) is 0.757. The number of nitrogens with zero attached hydrogens (tertiary/aromatic N) is 4. The van der Waals surface area contributed by atoms with Crippen molar-refractivity contribution in [1.29, 1.82) is 0 Å². The molecule has 7 nitrogen and oxygen atoms in total. The van der Waals surface area contributed by atoms with Crippen molar-refractivity contribution in [2.24, 2.45) is 0 Å². The average molecular weight is 280 g/mol. The molecule has 3 N–H and O–H groups in total. The van der Waals surface area contributed by atoms with Gasteiger partial charge in [0.1, 0.15) is 12.7 Å². The van der Waals surface area contributed by atoms with E-state index < -0.39 is 0 Å². The second-order valence-corrected chi connectivity index (χ2v) is 4.25. The zero-order chi connectivity index (χ0) is 14.7. The monoisotopic (exact) mass is 280 g/mol. The topological polar surface area (TPSA) is 98.7 Å². The third kappa shape index (κ3) is 2.57. The summed E-state index contributed by atoms with van der Waals surface area (Å²) in [4.78, 5) is 20.2. The number of hydrogen-bond donors (Lipinski definition) is 2. The Kier molecular flexibility index (Phi) is 3.30. The van der Waals surface area contributed by atoms with Crippen LogP contribution in [0.1, 0.15) is 10.5 Å². The molecule has 3 rings (SSSR count). The van der Waals surface area contributed by atoms with Crippen LogP contribution in [0.3, 0.4) is 0 Å². The summed E-state index contributed by atoms with van der Waals surface area (Å²) in [7, 11) is 0. The van der Waals surface area contributed by atoms with Crippen LogP contribution in [0.2, 0.25) is 0 Å². The lowest BCUT2D eigenvalue weighted by Crippen LogP contribution is -2.17. The van der Waals surface area contributed by atoms with Gasteiger partial charge in [-0.1, -0.05) is 12.1 Å². The summed E-state index contributed by atoms with van der Waals surface area (Å²) in [5.74, 6) is -0.374. The van der Waals surface area contributed by atoms with E-state index in [0.717, 1.165) is 0 Å². The first-order valence-electron chi connectivity index (χ1n) is 6.21. The van der Waals surface area contributed by atoms with Crippen molar-refractivity contribution < 1.29 is 4.79 Å². The molecule has 104 valence electrons. The third-order valence-electron chi connectivity index (χ3n) is 2.87. The minimum absolute atomic E-state index is 0.186. The van der Waals surface area contributed by atoms with E-state index in [9.17, 15) is 4.79 Å². The van der Waals surface area contributed by atoms with Gasteiger partial charge in [0, 0.05) is 6.20 Å². The van der Waals surface area contributed by atoms with E-state index in [1.807, 2.05) is 18.2 Å². The average Bonchev–Trinajstić information content (AvgIpc) is 3.02. The van der Waals surface area contributed by atoms with E-state index >= 15 is 0 Å². The van der Waals surface area contributed by atoms with Crippen molar-refractivity contribution in [3.8, 4) is 5.69 Å². The maximum Gasteiger partial charge on any atom is 0.276 e. The molecule has 2 heterocycles. The smallest absolute Gasteiger partial charge is 0.276 e. The van der Waals surface area contributed by atoms with Gasteiger partial charge in [-0.3, -0.25) is 4.79 Å². The summed E-state index contributed by atoms with van der Waals surface area (Å²) in [6, 6.07) is 10.6. The summed E-state index contributed by atoms with van der Waals surface area (Å²) in [5.41, 5.74) is 7.57. The number of hydrogen-bond acceptors (Lipinski definition) is 5. The molecule has 0 aliphatic heterocycles. The first-order valence-corrected chi connectivity index (χ1v) is 6.21. The highest BCUT2D eigenvalue weighted by molar-refractivity contribution is 6.07. The minimum Gasteiger partial charge on any atom is -0.397 e. The molecule has 1 amide bonds. The lowest BCUT2D eigenvalue weighted by atomic mass is 10.2. The molecular formula is C14H12N6O. The van der Waals surface area contributed by atoms with Gasteiger partial charge in [0.2, 0.25) is 0 Å². The lowest BCUT2D eigenvalue weighted by molar-refractivity contribution is 0.102. The van der Waals surface area contributed by atoms with Crippen LogP contribution in [0.5, 0.6) is 0 Å². The van der Waals surface area contributed by atoms with Crippen LogP contribution < -0.4 is 11.1 Å². The van der Waals surface area contributed by atoms with Crippen LogP contribution in [-0.4, -0.2) is 25.7 Å². The Balaban J connectivity index is 1.93. The van der Waals surface area contributed by atoms with Gasteiger partial charge in [-0.15, -0.1) is 0 Å². The van der Waals surface area contributed by atoms with E-state index in [-0.39, 0.29) is 11.6 Å². The first kappa shape index (κ1) is 12.8. The van der Waals surface area contributed by atoms with Crippen molar-refractivity contribution >= 4 is 17.3 Å². The van der Waals surface area contributed by atoms with Crippen molar-refractivity contribution in [3.63, 3.8) is 0 Å². The van der Waals surface area contributed by atoms with Gasteiger partial charge < -0.3 is 11.1 Å². The predicted octanol–water partition coefficient (Wildman–Crippen LogP) is 1.50. The number of carbonyl (C=O) groups excluding carboxylic acids is 1. The molecule has 0 atom stereocenters. The molecule has 0 aliphatic rings. The highest BCUT2D eigenvalue weighted by atomic mass is 16.1. The van der Waals surface area contributed by atoms with Crippen LogP contribution >= 0.6 is 0 Å². The SMILES string of the molecule is Nc1cccnc1C(=O)Nc1ccccc1-n1cncn1. The van der Waals surface area contributed by atoms with Gasteiger partial charge in [-0.25, -0.2) is 14.6 Å². The van der Waals surface area contributed by atoms with Crippen molar-refractivity contribution in [1.82, 2.24) is 19.7 Å². The number of carbonyl (C=O) groups is 1. The van der Waals surface area contributed by atoms with E-state index in [1.165, 1.54) is 12.5 Å². The third-order valence-corrected chi connectivity index (χ3v) is 2.87. The summed E-state index contributed by atoms with van der Waals surface area (Å²) in [5, 5.41) is 6.84.